The SMILES string of the molecule is C[C@@H]1CN(c2ccc(N)cn2)C[C@H](C)O1.Cl.Cl. The van der Waals surface area contributed by atoms with Crippen molar-refractivity contribution in [3.05, 3.63) is 18.3 Å². The molecule has 0 aliphatic carbocycles. The van der Waals surface area contributed by atoms with Crippen LogP contribution in [0.2, 0.25) is 0 Å². The Balaban J connectivity index is 0.00000128. The van der Waals surface area contributed by atoms with Gasteiger partial charge in [-0.25, -0.2) is 4.98 Å². The van der Waals surface area contributed by atoms with Gasteiger partial charge in [0, 0.05) is 13.1 Å². The summed E-state index contributed by atoms with van der Waals surface area (Å²) in [6.45, 7) is 5.95. The Labute approximate surface area is 114 Å². The molecule has 1 aromatic rings. The Hall–Kier alpha value is -0.710. The molecule has 0 bridgehead atoms. The van der Waals surface area contributed by atoms with Crippen molar-refractivity contribution in [2.45, 2.75) is 26.1 Å². The van der Waals surface area contributed by atoms with Crippen molar-refractivity contribution >= 4 is 36.3 Å². The number of ether oxygens (including phenoxy) is 1. The van der Waals surface area contributed by atoms with Gasteiger partial charge in [0.15, 0.2) is 0 Å². The third kappa shape index (κ3) is 4.22. The molecule has 2 rings (SSSR count). The molecule has 0 amide bonds. The molecule has 2 heterocycles. The summed E-state index contributed by atoms with van der Waals surface area (Å²) >= 11 is 0. The number of rotatable bonds is 1. The second-order valence-electron chi connectivity index (χ2n) is 4.11. The van der Waals surface area contributed by atoms with Gasteiger partial charge >= 0.3 is 0 Å². The molecule has 0 aromatic carbocycles. The van der Waals surface area contributed by atoms with Crippen LogP contribution in [0, 0.1) is 0 Å². The van der Waals surface area contributed by atoms with Gasteiger partial charge in [-0.1, -0.05) is 0 Å². The van der Waals surface area contributed by atoms with Crippen molar-refractivity contribution in [2.24, 2.45) is 0 Å². The molecule has 1 aliphatic rings. The largest absolute Gasteiger partial charge is 0.397 e. The number of nitrogens with two attached hydrogens (primary N) is 1. The van der Waals surface area contributed by atoms with Crippen LogP contribution in [0.25, 0.3) is 0 Å². The minimum absolute atomic E-state index is 0. The lowest BCUT2D eigenvalue weighted by Gasteiger charge is -2.36. The molecule has 0 radical (unpaired) electrons. The van der Waals surface area contributed by atoms with E-state index in [4.69, 9.17) is 10.5 Å². The van der Waals surface area contributed by atoms with Crippen LogP contribution in [0.4, 0.5) is 11.5 Å². The molecular formula is C11H19Cl2N3O. The molecule has 1 saturated heterocycles. The summed E-state index contributed by atoms with van der Waals surface area (Å²) in [6, 6.07) is 3.84. The molecule has 0 saturated carbocycles. The highest BCUT2D eigenvalue weighted by Crippen LogP contribution is 2.18. The molecule has 1 aromatic heterocycles. The van der Waals surface area contributed by atoms with Crippen LogP contribution in [0.15, 0.2) is 18.3 Å². The zero-order chi connectivity index (χ0) is 10.8. The predicted octanol–water partition coefficient (Wildman–Crippen LogP) is 2.12. The van der Waals surface area contributed by atoms with E-state index in [-0.39, 0.29) is 37.0 Å². The standard InChI is InChI=1S/C11H17N3O.2ClH/c1-8-6-14(7-9(2)15-8)11-4-3-10(12)5-13-11;;/h3-5,8-9H,6-7,12H2,1-2H3;2*1H/t8-,9+;;. The quantitative estimate of drug-likeness (QED) is 0.856. The maximum absolute atomic E-state index is 5.67. The van der Waals surface area contributed by atoms with Crippen molar-refractivity contribution in [3.63, 3.8) is 0 Å². The van der Waals surface area contributed by atoms with Gasteiger partial charge in [-0.05, 0) is 26.0 Å². The van der Waals surface area contributed by atoms with Crippen LogP contribution in [0.5, 0.6) is 0 Å². The predicted molar refractivity (Wildman–Crippen MR) is 75.4 cm³/mol. The maximum atomic E-state index is 5.67. The molecule has 4 nitrogen and oxygen atoms in total. The zero-order valence-corrected chi connectivity index (χ0v) is 11.6. The zero-order valence-electron chi connectivity index (χ0n) is 10.00. The molecule has 0 spiro atoms. The fourth-order valence-corrected chi connectivity index (χ4v) is 1.95. The average Bonchev–Trinajstić information content (AvgIpc) is 2.17. The second-order valence-corrected chi connectivity index (χ2v) is 4.11. The lowest BCUT2D eigenvalue weighted by atomic mass is 10.2. The van der Waals surface area contributed by atoms with Crippen molar-refractivity contribution < 1.29 is 4.74 Å². The van der Waals surface area contributed by atoms with Gasteiger partial charge in [-0.15, -0.1) is 24.8 Å². The van der Waals surface area contributed by atoms with Crippen LogP contribution < -0.4 is 10.6 Å². The van der Waals surface area contributed by atoms with Crippen molar-refractivity contribution in [2.75, 3.05) is 23.7 Å². The normalized spacial score (nSPS) is 23.5. The Bertz CT molecular complexity index is 324. The fourth-order valence-electron chi connectivity index (χ4n) is 1.95. The smallest absolute Gasteiger partial charge is 0.128 e. The lowest BCUT2D eigenvalue weighted by molar-refractivity contribution is -0.00545. The highest BCUT2D eigenvalue weighted by atomic mass is 35.5. The maximum Gasteiger partial charge on any atom is 0.128 e. The van der Waals surface area contributed by atoms with Crippen LogP contribution >= 0.6 is 24.8 Å². The summed E-state index contributed by atoms with van der Waals surface area (Å²) in [6.07, 6.45) is 2.21. The van der Waals surface area contributed by atoms with Gasteiger partial charge in [0.05, 0.1) is 24.1 Å². The van der Waals surface area contributed by atoms with E-state index in [1.54, 1.807) is 6.20 Å². The van der Waals surface area contributed by atoms with Crippen LogP contribution in [-0.4, -0.2) is 30.3 Å². The number of pyridine rings is 1. The van der Waals surface area contributed by atoms with Gasteiger partial charge in [0.25, 0.3) is 0 Å². The molecule has 17 heavy (non-hydrogen) atoms. The average molecular weight is 280 g/mol. The van der Waals surface area contributed by atoms with Crippen LogP contribution in [-0.2, 0) is 4.74 Å². The van der Waals surface area contributed by atoms with E-state index < -0.39 is 0 Å². The molecule has 98 valence electrons. The highest BCUT2D eigenvalue weighted by molar-refractivity contribution is 5.85. The number of hydrogen-bond donors (Lipinski definition) is 1. The molecule has 1 fully saturated rings. The van der Waals surface area contributed by atoms with Crippen molar-refractivity contribution in [1.82, 2.24) is 4.98 Å². The molecular weight excluding hydrogens is 261 g/mol. The van der Waals surface area contributed by atoms with E-state index in [1.807, 2.05) is 12.1 Å². The summed E-state index contributed by atoms with van der Waals surface area (Å²) in [5.41, 5.74) is 6.31. The van der Waals surface area contributed by atoms with E-state index in [0.29, 0.717) is 5.69 Å². The second kappa shape index (κ2) is 6.89. The van der Waals surface area contributed by atoms with Crippen LogP contribution in [0.3, 0.4) is 0 Å². The monoisotopic (exact) mass is 279 g/mol. The van der Waals surface area contributed by atoms with Gasteiger partial charge in [-0.3, -0.25) is 0 Å². The number of aromatic nitrogens is 1. The summed E-state index contributed by atoms with van der Waals surface area (Å²) in [5, 5.41) is 0. The van der Waals surface area contributed by atoms with Gasteiger partial charge in [-0.2, -0.15) is 0 Å². The lowest BCUT2D eigenvalue weighted by Crippen LogP contribution is -2.45. The first kappa shape index (κ1) is 16.3. The molecule has 2 atom stereocenters. The molecule has 1 aliphatic heterocycles. The number of nitrogen functional groups attached to an aromatic ring is 1. The first-order chi connectivity index (χ1) is 7.15. The van der Waals surface area contributed by atoms with E-state index in [1.165, 1.54) is 0 Å². The minimum Gasteiger partial charge on any atom is -0.397 e. The van der Waals surface area contributed by atoms with E-state index in [9.17, 15) is 0 Å². The first-order valence-corrected chi connectivity index (χ1v) is 5.27. The summed E-state index contributed by atoms with van der Waals surface area (Å²) < 4.78 is 5.67. The Morgan fingerprint density at radius 1 is 1.24 bits per heavy atom. The summed E-state index contributed by atoms with van der Waals surface area (Å²) in [4.78, 5) is 6.55. The third-order valence-electron chi connectivity index (χ3n) is 2.51. The number of hydrogen-bond acceptors (Lipinski definition) is 4. The van der Waals surface area contributed by atoms with Crippen LogP contribution in [0.1, 0.15) is 13.8 Å². The van der Waals surface area contributed by atoms with Gasteiger partial charge < -0.3 is 15.4 Å². The summed E-state index contributed by atoms with van der Waals surface area (Å²) in [5.74, 6) is 0.978. The highest BCUT2D eigenvalue weighted by Gasteiger charge is 2.22. The number of morpholine rings is 1. The van der Waals surface area contributed by atoms with Crippen molar-refractivity contribution in [3.8, 4) is 0 Å². The molecule has 6 heteroatoms. The Morgan fingerprint density at radius 3 is 2.29 bits per heavy atom. The molecule has 2 N–H and O–H groups in total. The Morgan fingerprint density at radius 2 is 1.82 bits per heavy atom. The minimum atomic E-state index is 0. The summed E-state index contributed by atoms with van der Waals surface area (Å²) in [7, 11) is 0. The van der Waals surface area contributed by atoms with Gasteiger partial charge in [0.2, 0.25) is 0 Å². The van der Waals surface area contributed by atoms with Crippen molar-refractivity contribution in [1.29, 1.82) is 0 Å². The topological polar surface area (TPSA) is 51.4 Å². The first-order valence-electron chi connectivity index (χ1n) is 5.27. The number of halogens is 2. The third-order valence-corrected chi connectivity index (χ3v) is 2.51. The fraction of sp³-hybridized carbons (Fsp3) is 0.545. The number of nitrogens with zero attached hydrogens (tertiary/aromatic N) is 2. The molecule has 0 unspecified atom stereocenters. The van der Waals surface area contributed by atoms with E-state index in [0.717, 1.165) is 18.9 Å². The van der Waals surface area contributed by atoms with Gasteiger partial charge in [0.1, 0.15) is 5.82 Å². The Kier molecular flexibility index (Phi) is 6.60. The van der Waals surface area contributed by atoms with E-state index >= 15 is 0 Å². The van der Waals surface area contributed by atoms with E-state index in [2.05, 4.69) is 23.7 Å². The number of anilines is 2.